The fraction of sp³-hybridized carbons (Fsp3) is 0.800. The molecular formula is C5H5F6. The van der Waals surface area contributed by atoms with Crippen molar-refractivity contribution in [1.82, 2.24) is 0 Å². The normalized spacial score (nSPS) is 16.6. The lowest BCUT2D eigenvalue weighted by Gasteiger charge is -2.21. The summed E-state index contributed by atoms with van der Waals surface area (Å²) in [6.45, 7) is 2.61. The Balaban J connectivity index is 4.45. The first kappa shape index (κ1) is 10.6. The van der Waals surface area contributed by atoms with E-state index in [9.17, 15) is 26.3 Å². The van der Waals surface area contributed by atoms with E-state index in [4.69, 9.17) is 0 Å². The molecule has 1 unspecified atom stereocenters. The predicted molar refractivity (Wildman–Crippen MR) is 25.9 cm³/mol. The quantitative estimate of drug-likeness (QED) is 0.571. The molecule has 0 aromatic carbocycles. The van der Waals surface area contributed by atoms with Gasteiger partial charge in [0.25, 0.3) is 0 Å². The van der Waals surface area contributed by atoms with Crippen molar-refractivity contribution in [2.24, 2.45) is 0 Å². The molecule has 0 saturated heterocycles. The first-order valence-electron chi connectivity index (χ1n) is 2.61. The Morgan fingerprint density at radius 1 is 1.09 bits per heavy atom. The third-order valence-corrected chi connectivity index (χ3v) is 1.02. The summed E-state index contributed by atoms with van der Waals surface area (Å²) < 4.78 is 69.2. The summed E-state index contributed by atoms with van der Waals surface area (Å²) in [5.41, 5.74) is 0. The van der Waals surface area contributed by atoms with Gasteiger partial charge < -0.3 is 0 Å². The molecule has 0 nitrogen and oxygen atoms in total. The molecule has 0 N–H and O–H groups in total. The van der Waals surface area contributed by atoms with Crippen molar-refractivity contribution < 1.29 is 26.3 Å². The largest absolute Gasteiger partial charge is 0.456 e. The van der Waals surface area contributed by atoms with E-state index in [0.29, 0.717) is 0 Å². The second-order valence-electron chi connectivity index (χ2n) is 1.88. The van der Waals surface area contributed by atoms with Crippen LogP contribution >= 0.6 is 0 Å². The van der Waals surface area contributed by atoms with Crippen molar-refractivity contribution in [2.45, 2.75) is 24.7 Å². The Kier molecular flexibility index (Phi) is 2.79. The zero-order valence-electron chi connectivity index (χ0n) is 5.26. The zero-order chi connectivity index (χ0) is 9.28. The maximum Gasteiger partial charge on any atom is 0.456 e. The summed E-state index contributed by atoms with van der Waals surface area (Å²) in [7, 11) is 0. The summed E-state index contributed by atoms with van der Waals surface area (Å²) >= 11 is 0. The van der Waals surface area contributed by atoms with Crippen LogP contribution in [0.25, 0.3) is 0 Å². The molecule has 0 aromatic rings. The smallest absolute Gasteiger partial charge is 0.240 e. The Morgan fingerprint density at radius 2 is 1.45 bits per heavy atom. The second-order valence-corrected chi connectivity index (χ2v) is 1.88. The fourth-order valence-electron chi connectivity index (χ4n) is 0.359. The van der Waals surface area contributed by atoms with Gasteiger partial charge in [-0.15, -0.1) is 0 Å². The third kappa shape index (κ3) is 2.00. The molecule has 1 atom stereocenters. The number of rotatable bonds is 2. The minimum absolute atomic E-state index is 1.10. The Labute approximate surface area is 59.2 Å². The van der Waals surface area contributed by atoms with Crippen LogP contribution in [-0.2, 0) is 0 Å². The lowest BCUT2D eigenvalue weighted by Crippen LogP contribution is -2.44. The van der Waals surface area contributed by atoms with Gasteiger partial charge in [-0.3, -0.25) is 0 Å². The van der Waals surface area contributed by atoms with E-state index in [1.54, 1.807) is 0 Å². The number of halogens is 6. The lowest BCUT2D eigenvalue weighted by atomic mass is 10.1. The summed E-state index contributed by atoms with van der Waals surface area (Å²) in [5, 5.41) is 0. The zero-order valence-corrected chi connectivity index (χ0v) is 5.26. The molecule has 0 aliphatic carbocycles. The first-order valence-corrected chi connectivity index (χ1v) is 2.61. The van der Waals surface area contributed by atoms with Crippen molar-refractivity contribution in [3.05, 3.63) is 6.92 Å². The Bertz CT molecular complexity index is 125. The van der Waals surface area contributed by atoms with Gasteiger partial charge in [0.15, 0.2) is 6.17 Å². The molecule has 0 rings (SSSR count). The minimum atomic E-state index is -5.83. The second kappa shape index (κ2) is 2.91. The van der Waals surface area contributed by atoms with Crippen molar-refractivity contribution in [2.75, 3.05) is 0 Å². The molecule has 0 aliphatic rings. The summed E-state index contributed by atoms with van der Waals surface area (Å²) in [6.07, 6.45) is -10.2. The van der Waals surface area contributed by atoms with Gasteiger partial charge >= 0.3 is 12.1 Å². The van der Waals surface area contributed by atoms with E-state index in [-0.39, 0.29) is 0 Å². The Hall–Kier alpha value is -0.420. The molecule has 0 bridgehead atoms. The van der Waals surface area contributed by atoms with Gasteiger partial charge in [-0.1, -0.05) is 6.92 Å². The highest BCUT2D eigenvalue weighted by atomic mass is 19.4. The molecule has 6 heteroatoms. The number of alkyl halides is 6. The van der Waals surface area contributed by atoms with Gasteiger partial charge in [-0.25, -0.2) is 4.39 Å². The first-order chi connectivity index (χ1) is 4.73. The molecule has 1 radical (unpaired) electrons. The molecule has 11 heavy (non-hydrogen) atoms. The molecule has 0 amide bonds. The SMILES string of the molecule is [CH2]CC(F)C(F)(F)C(F)(F)F. The van der Waals surface area contributed by atoms with Crippen LogP contribution in [0.1, 0.15) is 6.42 Å². The van der Waals surface area contributed by atoms with E-state index in [2.05, 4.69) is 6.92 Å². The van der Waals surface area contributed by atoms with Crippen molar-refractivity contribution >= 4 is 0 Å². The molecule has 0 aliphatic heterocycles. The van der Waals surface area contributed by atoms with Crippen LogP contribution in [0.5, 0.6) is 0 Å². The predicted octanol–water partition coefficient (Wildman–Crippen LogP) is 2.75. The molecule has 0 heterocycles. The van der Waals surface area contributed by atoms with Gasteiger partial charge in [-0.2, -0.15) is 22.0 Å². The summed E-state index contributed by atoms with van der Waals surface area (Å²) in [4.78, 5) is 0. The van der Waals surface area contributed by atoms with Gasteiger partial charge in [0.1, 0.15) is 0 Å². The van der Waals surface area contributed by atoms with Gasteiger partial charge in [-0.05, 0) is 6.42 Å². The fourth-order valence-corrected chi connectivity index (χ4v) is 0.359. The summed E-state index contributed by atoms with van der Waals surface area (Å²) in [6, 6.07) is 0. The maximum atomic E-state index is 11.9. The van der Waals surface area contributed by atoms with Gasteiger partial charge in [0.2, 0.25) is 0 Å². The van der Waals surface area contributed by atoms with Crippen molar-refractivity contribution in [1.29, 1.82) is 0 Å². The molecule has 0 spiro atoms. The highest BCUT2D eigenvalue weighted by Crippen LogP contribution is 2.40. The average Bonchev–Trinajstić information content (AvgIpc) is 1.83. The average molecular weight is 179 g/mol. The molecule has 0 aromatic heterocycles. The van der Waals surface area contributed by atoms with E-state index in [1.807, 2.05) is 0 Å². The minimum Gasteiger partial charge on any atom is -0.240 e. The van der Waals surface area contributed by atoms with E-state index in [1.165, 1.54) is 0 Å². The van der Waals surface area contributed by atoms with Crippen LogP contribution in [0.4, 0.5) is 26.3 Å². The van der Waals surface area contributed by atoms with Crippen LogP contribution in [-0.4, -0.2) is 18.3 Å². The van der Waals surface area contributed by atoms with Crippen molar-refractivity contribution in [3.63, 3.8) is 0 Å². The topological polar surface area (TPSA) is 0 Å². The van der Waals surface area contributed by atoms with Crippen LogP contribution in [0.15, 0.2) is 0 Å². The standard InChI is InChI=1S/C5H5F6/c1-2-3(6)4(7,8)5(9,10)11/h3H,1-2H2. The van der Waals surface area contributed by atoms with Gasteiger partial charge in [0.05, 0.1) is 0 Å². The van der Waals surface area contributed by atoms with Crippen LogP contribution in [0, 0.1) is 6.92 Å². The molecule has 0 saturated carbocycles. The van der Waals surface area contributed by atoms with Crippen LogP contribution < -0.4 is 0 Å². The van der Waals surface area contributed by atoms with Gasteiger partial charge in [0, 0.05) is 0 Å². The Morgan fingerprint density at radius 3 is 1.55 bits per heavy atom. The van der Waals surface area contributed by atoms with Crippen LogP contribution in [0.2, 0.25) is 0 Å². The molecule has 67 valence electrons. The highest BCUT2D eigenvalue weighted by molar-refractivity contribution is 4.84. The lowest BCUT2D eigenvalue weighted by molar-refractivity contribution is -0.302. The number of hydrogen-bond acceptors (Lipinski definition) is 0. The molecular weight excluding hydrogens is 174 g/mol. The monoisotopic (exact) mass is 179 g/mol. The van der Waals surface area contributed by atoms with E-state index >= 15 is 0 Å². The maximum absolute atomic E-state index is 11.9. The number of hydrogen-bond donors (Lipinski definition) is 0. The summed E-state index contributed by atoms with van der Waals surface area (Å²) in [5.74, 6) is -5.28. The van der Waals surface area contributed by atoms with Crippen molar-refractivity contribution in [3.8, 4) is 0 Å². The highest BCUT2D eigenvalue weighted by Gasteiger charge is 2.62. The van der Waals surface area contributed by atoms with E-state index < -0.39 is 24.7 Å². The molecule has 0 fully saturated rings. The third-order valence-electron chi connectivity index (χ3n) is 1.02. The van der Waals surface area contributed by atoms with Crippen LogP contribution in [0.3, 0.4) is 0 Å². The van der Waals surface area contributed by atoms with E-state index in [0.717, 1.165) is 0 Å².